The third-order valence-electron chi connectivity index (χ3n) is 5.74. The number of carbonyl (C=O) groups is 1. The Morgan fingerprint density at radius 2 is 2.07 bits per heavy atom. The number of H-pyrrole nitrogens is 1. The van der Waals surface area contributed by atoms with Crippen molar-refractivity contribution in [2.75, 3.05) is 24.6 Å². The molecule has 1 amide bonds. The minimum Gasteiger partial charge on any atom is -0.349 e. The van der Waals surface area contributed by atoms with E-state index in [1.54, 1.807) is 0 Å². The molecule has 1 aromatic heterocycles. The number of rotatable bonds is 4. The van der Waals surface area contributed by atoms with Crippen molar-refractivity contribution < 1.29 is 13.2 Å². The Labute approximate surface area is 159 Å². The van der Waals surface area contributed by atoms with Crippen molar-refractivity contribution >= 4 is 26.8 Å². The highest BCUT2D eigenvalue weighted by Gasteiger charge is 2.35. The predicted molar refractivity (Wildman–Crippen MR) is 104 cm³/mol. The van der Waals surface area contributed by atoms with Crippen LogP contribution < -0.4 is 5.32 Å². The van der Waals surface area contributed by atoms with Gasteiger partial charge in [-0.1, -0.05) is 6.07 Å². The number of nitrogens with zero attached hydrogens (tertiary/aromatic N) is 2. The number of aryl methyl sites for hydroxylation is 1. The highest BCUT2D eigenvalue weighted by molar-refractivity contribution is 7.91. The summed E-state index contributed by atoms with van der Waals surface area (Å²) in [5.41, 5.74) is 3.06. The van der Waals surface area contributed by atoms with E-state index in [0.29, 0.717) is 12.3 Å². The largest absolute Gasteiger partial charge is 0.349 e. The molecule has 7 nitrogen and oxygen atoms in total. The first kappa shape index (κ1) is 18.4. The summed E-state index contributed by atoms with van der Waals surface area (Å²) in [6.45, 7) is 4.02. The van der Waals surface area contributed by atoms with Crippen molar-refractivity contribution in [3.05, 3.63) is 29.6 Å². The van der Waals surface area contributed by atoms with Crippen LogP contribution in [0.1, 0.15) is 30.7 Å². The van der Waals surface area contributed by atoms with E-state index in [0.717, 1.165) is 49.2 Å². The summed E-state index contributed by atoms with van der Waals surface area (Å²) >= 11 is 0. The molecule has 146 valence electrons. The van der Waals surface area contributed by atoms with E-state index >= 15 is 0 Å². The first-order valence-corrected chi connectivity index (χ1v) is 11.4. The maximum Gasteiger partial charge on any atom is 0.223 e. The highest BCUT2D eigenvalue weighted by Crippen LogP contribution is 2.24. The molecule has 0 spiro atoms. The number of aromatic amines is 1. The van der Waals surface area contributed by atoms with E-state index in [2.05, 4.69) is 20.2 Å². The Kier molecular flexibility index (Phi) is 4.94. The maximum absolute atomic E-state index is 12.5. The monoisotopic (exact) mass is 390 g/mol. The fourth-order valence-electron chi connectivity index (χ4n) is 4.17. The van der Waals surface area contributed by atoms with Crippen molar-refractivity contribution in [2.24, 2.45) is 5.92 Å². The second-order valence-electron chi connectivity index (χ2n) is 7.79. The minimum absolute atomic E-state index is 0.00844. The van der Waals surface area contributed by atoms with E-state index in [1.807, 2.05) is 25.1 Å². The molecule has 1 atom stereocenters. The van der Waals surface area contributed by atoms with Crippen LogP contribution in [0.25, 0.3) is 11.0 Å². The molecule has 0 bridgehead atoms. The average molecular weight is 391 g/mol. The number of nitrogens with one attached hydrogen (secondary N) is 2. The van der Waals surface area contributed by atoms with Gasteiger partial charge >= 0.3 is 0 Å². The van der Waals surface area contributed by atoms with Crippen LogP contribution >= 0.6 is 0 Å². The van der Waals surface area contributed by atoms with Gasteiger partial charge in [0.25, 0.3) is 0 Å². The number of carbonyl (C=O) groups excluding carboxylic acids is 1. The number of aromatic nitrogens is 2. The number of hydrogen-bond acceptors (Lipinski definition) is 5. The Balaban J connectivity index is 1.28. The first-order chi connectivity index (χ1) is 12.9. The number of piperidine rings is 1. The van der Waals surface area contributed by atoms with Gasteiger partial charge in [0.05, 0.1) is 29.1 Å². The summed E-state index contributed by atoms with van der Waals surface area (Å²) in [7, 11) is -2.86. The van der Waals surface area contributed by atoms with Crippen LogP contribution in [0.2, 0.25) is 0 Å². The molecule has 0 aliphatic carbocycles. The lowest BCUT2D eigenvalue weighted by molar-refractivity contribution is -0.126. The summed E-state index contributed by atoms with van der Waals surface area (Å²) in [5, 5.41) is 2.99. The normalized spacial score (nSPS) is 23.7. The zero-order valence-electron chi connectivity index (χ0n) is 15.6. The number of imidazole rings is 1. The number of hydrogen-bond donors (Lipinski definition) is 2. The van der Waals surface area contributed by atoms with Crippen molar-refractivity contribution in [2.45, 2.75) is 38.8 Å². The Bertz CT molecular complexity index is 945. The molecule has 8 heteroatoms. The Morgan fingerprint density at radius 3 is 2.78 bits per heavy atom. The van der Waals surface area contributed by atoms with Gasteiger partial charge in [-0.05, 0) is 57.0 Å². The molecule has 2 aliphatic heterocycles. The summed E-state index contributed by atoms with van der Waals surface area (Å²) in [5.74, 6) is 1.39. The summed E-state index contributed by atoms with van der Waals surface area (Å²) in [6, 6.07) is 6.19. The molecular weight excluding hydrogens is 364 g/mol. The number of sulfone groups is 1. The number of likely N-dealkylation sites (tertiary alicyclic amines) is 1. The molecule has 27 heavy (non-hydrogen) atoms. The van der Waals surface area contributed by atoms with Crippen molar-refractivity contribution in [1.29, 1.82) is 0 Å². The van der Waals surface area contributed by atoms with Crippen LogP contribution in [0.3, 0.4) is 0 Å². The molecule has 3 heterocycles. The van der Waals surface area contributed by atoms with Crippen LogP contribution in [0.15, 0.2) is 18.2 Å². The topological polar surface area (TPSA) is 95.2 Å². The molecule has 1 aromatic carbocycles. The average Bonchev–Trinajstić information content (AvgIpc) is 3.21. The van der Waals surface area contributed by atoms with Crippen LogP contribution in [-0.2, 0) is 21.2 Å². The zero-order chi connectivity index (χ0) is 19.0. The lowest BCUT2D eigenvalue weighted by atomic mass is 9.94. The smallest absolute Gasteiger partial charge is 0.223 e. The third kappa shape index (κ3) is 4.16. The lowest BCUT2D eigenvalue weighted by Crippen LogP contribution is -2.45. The van der Waals surface area contributed by atoms with E-state index < -0.39 is 9.84 Å². The summed E-state index contributed by atoms with van der Waals surface area (Å²) < 4.78 is 23.3. The number of fused-ring (bicyclic) bond motifs is 1. The quantitative estimate of drug-likeness (QED) is 0.823. The number of amides is 1. The molecule has 2 saturated heterocycles. The van der Waals surface area contributed by atoms with Crippen molar-refractivity contribution in [3.63, 3.8) is 0 Å². The van der Waals surface area contributed by atoms with Crippen LogP contribution in [-0.4, -0.2) is 59.8 Å². The molecule has 2 aromatic rings. The summed E-state index contributed by atoms with van der Waals surface area (Å²) in [4.78, 5) is 22.5. The van der Waals surface area contributed by atoms with Gasteiger partial charge in [-0.25, -0.2) is 13.4 Å². The lowest BCUT2D eigenvalue weighted by Gasteiger charge is -2.34. The molecule has 0 radical (unpaired) electrons. The van der Waals surface area contributed by atoms with Gasteiger partial charge in [0.1, 0.15) is 5.82 Å². The minimum atomic E-state index is -2.86. The molecule has 0 saturated carbocycles. The van der Waals surface area contributed by atoms with E-state index in [4.69, 9.17) is 0 Å². The predicted octanol–water partition coefficient (Wildman–Crippen LogP) is 1.39. The summed E-state index contributed by atoms with van der Waals surface area (Å²) in [6.07, 6.45) is 2.29. The number of benzene rings is 1. The van der Waals surface area contributed by atoms with E-state index in [9.17, 15) is 13.2 Å². The van der Waals surface area contributed by atoms with Gasteiger partial charge < -0.3 is 10.3 Å². The van der Waals surface area contributed by atoms with Crippen LogP contribution in [0.4, 0.5) is 0 Å². The third-order valence-corrected chi connectivity index (χ3v) is 7.49. The van der Waals surface area contributed by atoms with E-state index in [-0.39, 0.29) is 23.6 Å². The van der Waals surface area contributed by atoms with Gasteiger partial charge in [0, 0.05) is 12.0 Å². The molecule has 4 rings (SSSR count). The fraction of sp³-hybridized carbons (Fsp3) is 0.579. The zero-order valence-corrected chi connectivity index (χ0v) is 16.4. The van der Waals surface area contributed by atoms with Gasteiger partial charge in [-0.2, -0.15) is 0 Å². The van der Waals surface area contributed by atoms with Crippen molar-refractivity contribution in [3.8, 4) is 0 Å². The van der Waals surface area contributed by atoms with Crippen LogP contribution in [0, 0.1) is 12.8 Å². The highest BCUT2D eigenvalue weighted by atomic mass is 32.2. The van der Waals surface area contributed by atoms with Crippen LogP contribution in [0.5, 0.6) is 0 Å². The van der Waals surface area contributed by atoms with Gasteiger partial charge in [0.2, 0.25) is 5.91 Å². The molecule has 2 aliphatic rings. The van der Waals surface area contributed by atoms with E-state index in [1.165, 1.54) is 5.56 Å². The van der Waals surface area contributed by atoms with Crippen molar-refractivity contribution in [1.82, 2.24) is 20.2 Å². The molecule has 2 fully saturated rings. The Hall–Kier alpha value is -1.93. The van der Waals surface area contributed by atoms with Gasteiger partial charge in [-0.3, -0.25) is 9.69 Å². The second-order valence-corrected chi connectivity index (χ2v) is 10.0. The second kappa shape index (κ2) is 7.24. The molecular formula is C19H26N4O3S. The molecule has 2 N–H and O–H groups in total. The van der Waals surface area contributed by atoms with Gasteiger partial charge in [0.15, 0.2) is 9.84 Å². The van der Waals surface area contributed by atoms with Gasteiger partial charge in [-0.15, -0.1) is 0 Å². The maximum atomic E-state index is 12.5. The fourth-order valence-corrected chi connectivity index (χ4v) is 5.93. The standard InChI is InChI=1S/C19H26N4O3S/c1-13-2-3-16-17(10-13)22-18(21-16)11-20-19(24)14-4-7-23(8-5-14)15-6-9-27(25,26)12-15/h2-3,10,14-15H,4-9,11-12H2,1H3,(H,20,24)(H,21,22). The molecule has 1 unspecified atom stereocenters. The Morgan fingerprint density at radius 1 is 1.30 bits per heavy atom. The SMILES string of the molecule is Cc1ccc2nc(CNC(=O)C3CCN(C4CCS(=O)(=O)C4)CC3)[nH]c2c1. The first-order valence-electron chi connectivity index (χ1n) is 9.57.